The van der Waals surface area contributed by atoms with Crippen LogP contribution in [0.3, 0.4) is 0 Å². The molecule has 1 saturated heterocycles. The molecule has 2 N–H and O–H groups in total. The van der Waals surface area contributed by atoms with Gasteiger partial charge in [0.25, 0.3) is 5.89 Å². The van der Waals surface area contributed by atoms with Gasteiger partial charge in [-0.1, -0.05) is 18.2 Å². The first kappa shape index (κ1) is 19.5. The molecule has 3 aromatic rings. The number of aromatic nitrogens is 2. The highest BCUT2D eigenvalue weighted by Gasteiger charge is 2.31. The number of benzene rings is 2. The van der Waals surface area contributed by atoms with Crippen LogP contribution in [0.2, 0.25) is 0 Å². The normalized spacial score (nSPS) is 20.4. The van der Waals surface area contributed by atoms with Crippen LogP contribution in [0.5, 0.6) is 5.75 Å². The molecule has 0 radical (unpaired) electrons. The molecule has 0 unspecified atom stereocenters. The zero-order valence-corrected chi connectivity index (χ0v) is 16.8. The van der Waals surface area contributed by atoms with Gasteiger partial charge in [0, 0.05) is 11.1 Å². The molecule has 2 aromatic carbocycles. The summed E-state index contributed by atoms with van der Waals surface area (Å²) < 4.78 is 24.9. The number of quaternary nitrogens is 2. The minimum absolute atomic E-state index is 0.153. The molecule has 0 aliphatic carbocycles. The summed E-state index contributed by atoms with van der Waals surface area (Å²) in [5.41, 5.74) is 1.94. The highest BCUT2D eigenvalue weighted by Crippen LogP contribution is 2.19. The Balaban J connectivity index is 1.33. The fourth-order valence-electron chi connectivity index (χ4n) is 3.92. The summed E-state index contributed by atoms with van der Waals surface area (Å²) in [6, 6.07) is 15.2. The molecule has 0 amide bonds. The van der Waals surface area contributed by atoms with Crippen molar-refractivity contribution in [3.63, 3.8) is 0 Å². The molecule has 4 rings (SSSR count). The van der Waals surface area contributed by atoms with Gasteiger partial charge in [0.05, 0.1) is 7.11 Å². The summed E-state index contributed by atoms with van der Waals surface area (Å²) in [5, 5.41) is 8.50. The molecule has 6 nitrogen and oxygen atoms in total. The third kappa shape index (κ3) is 4.46. The van der Waals surface area contributed by atoms with E-state index in [-0.39, 0.29) is 11.9 Å². The van der Waals surface area contributed by atoms with E-state index >= 15 is 0 Å². The molecule has 152 valence electrons. The summed E-state index contributed by atoms with van der Waals surface area (Å²) in [4.78, 5) is 2.90. The van der Waals surface area contributed by atoms with Gasteiger partial charge >= 0.3 is 0 Å². The van der Waals surface area contributed by atoms with Crippen LogP contribution < -0.4 is 14.5 Å². The van der Waals surface area contributed by atoms with Crippen molar-refractivity contribution < 1.29 is 23.3 Å². The second kappa shape index (κ2) is 8.71. The third-order valence-electron chi connectivity index (χ3n) is 5.71. The Hall–Kier alpha value is -2.77. The van der Waals surface area contributed by atoms with Crippen molar-refractivity contribution in [3.05, 3.63) is 65.8 Å². The maximum atomic E-state index is 13.9. The molecule has 7 heteroatoms. The van der Waals surface area contributed by atoms with Crippen LogP contribution >= 0.6 is 0 Å². The van der Waals surface area contributed by atoms with Crippen molar-refractivity contribution in [3.8, 4) is 17.2 Å². The number of piperazine rings is 1. The molecule has 1 fully saturated rings. The maximum Gasteiger partial charge on any atom is 0.274 e. The monoisotopic (exact) mass is 398 g/mol. The van der Waals surface area contributed by atoms with Crippen molar-refractivity contribution in [1.82, 2.24) is 10.2 Å². The summed E-state index contributed by atoms with van der Waals surface area (Å²) in [6.45, 7) is 7.03. The average Bonchev–Trinajstić information content (AvgIpc) is 3.25. The highest BCUT2D eigenvalue weighted by atomic mass is 19.1. The van der Waals surface area contributed by atoms with Crippen LogP contribution in [0, 0.1) is 5.82 Å². The molecular weight excluding hydrogens is 371 g/mol. The second-order valence-electron chi connectivity index (χ2n) is 7.59. The molecule has 2 heterocycles. The smallest absolute Gasteiger partial charge is 0.274 e. The van der Waals surface area contributed by atoms with Crippen molar-refractivity contribution in [1.29, 1.82) is 0 Å². The van der Waals surface area contributed by atoms with Gasteiger partial charge in [-0.05, 0) is 37.3 Å². The van der Waals surface area contributed by atoms with E-state index in [0.717, 1.165) is 43.9 Å². The Bertz CT molecular complexity index is 939. The summed E-state index contributed by atoms with van der Waals surface area (Å²) in [6.07, 6.45) is 0. The van der Waals surface area contributed by atoms with Gasteiger partial charge < -0.3 is 19.0 Å². The molecule has 1 aromatic heterocycles. The minimum atomic E-state index is -0.298. The minimum Gasteiger partial charge on any atom is -0.494 e. The molecule has 1 atom stereocenters. The summed E-state index contributed by atoms with van der Waals surface area (Å²) in [7, 11) is 1.48. The van der Waals surface area contributed by atoms with Crippen molar-refractivity contribution in [2.75, 3.05) is 33.3 Å². The molecular formula is C22H27FN4O2+2. The standard InChI is InChI=1S/C22H25FN4O2/c1-16(21-24-25-22(29-21)18-6-4-3-5-7-18)27-12-10-26(11-13-27)15-17-8-9-20(28-2)19(23)14-17/h3-9,14,16H,10-13,15H2,1-2H3/p+2/t16-/m0/s1. The Labute approximate surface area is 169 Å². The van der Waals surface area contributed by atoms with Crippen molar-refractivity contribution in [2.45, 2.75) is 19.5 Å². The number of ether oxygens (including phenoxy) is 1. The number of methoxy groups -OCH3 is 1. The van der Waals surface area contributed by atoms with Crippen LogP contribution in [0.15, 0.2) is 52.9 Å². The fourth-order valence-corrected chi connectivity index (χ4v) is 3.92. The van der Waals surface area contributed by atoms with Gasteiger partial charge in [0.15, 0.2) is 17.6 Å². The number of nitrogens with zero attached hydrogens (tertiary/aromatic N) is 2. The molecule has 0 spiro atoms. The molecule has 1 aliphatic heterocycles. The van der Waals surface area contributed by atoms with E-state index in [1.165, 1.54) is 16.9 Å². The Morgan fingerprint density at radius 2 is 1.83 bits per heavy atom. The first-order valence-corrected chi connectivity index (χ1v) is 10.0. The van der Waals surface area contributed by atoms with Gasteiger partial charge in [0.2, 0.25) is 5.89 Å². The van der Waals surface area contributed by atoms with E-state index in [1.54, 1.807) is 12.1 Å². The summed E-state index contributed by atoms with van der Waals surface area (Å²) in [5.74, 6) is 1.24. The van der Waals surface area contributed by atoms with Crippen LogP contribution in [0.4, 0.5) is 4.39 Å². The molecule has 29 heavy (non-hydrogen) atoms. The van der Waals surface area contributed by atoms with E-state index in [0.29, 0.717) is 17.5 Å². The number of hydrogen-bond acceptors (Lipinski definition) is 4. The average molecular weight is 398 g/mol. The van der Waals surface area contributed by atoms with Gasteiger partial charge in [-0.25, -0.2) is 4.39 Å². The van der Waals surface area contributed by atoms with Crippen LogP contribution in [-0.4, -0.2) is 43.5 Å². The second-order valence-corrected chi connectivity index (χ2v) is 7.59. The number of nitrogens with one attached hydrogen (secondary N) is 2. The van der Waals surface area contributed by atoms with Gasteiger partial charge in [-0.15, -0.1) is 10.2 Å². The van der Waals surface area contributed by atoms with Crippen LogP contribution in [0.1, 0.15) is 24.4 Å². The third-order valence-corrected chi connectivity index (χ3v) is 5.71. The lowest BCUT2D eigenvalue weighted by Crippen LogP contribution is -3.27. The highest BCUT2D eigenvalue weighted by molar-refractivity contribution is 5.51. The number of rotatable bonds is 6. The number of halogens is 1. The van der Waals surface area contributed by atoms with E-state index < -0.39 is 0 Å². The van der Waals surface area contributed by atoms with Gasteiger partial charge in [-0.2, -0.15) is 0 Å². The summed E-state index contributed by atoms with van der Waals surface area (Å²) >= 11 is 0. The molecule has 1 aliphatic rings. The lowest BCUT2D eigenvalue weighted by Gasteiger charge is -2.32. The maximum absolute atomic E-state index is 13.9. The van der Waals surface area contributed by atoms with E-state index in [1.807, 2.05) is 36.4 Å². The zero-order chi connectivity index (χ0) is 20.2. The largest absolute Gasteiger partial charge is 0.494 e. The van der Waals surface area contributed by atoms with E-state index in [9.17, 15) is 4.39 Å². The van der Waals surface area contributed by atoms with Crippen molar-refractivity contribution in [2.24, 2.45) is 0 Å². The van der Waals surface area contributed by atoms with Crippen molar-refractivity contribution >= 4 is 0 Å². The lowest BCUT2D eigenvalue weighted by molar-refractivity contribution is -1.03. The Kier molecular flexibility index (Phi) is 5.87. The predicted molar refractivity (Wildman–Crippen MR) is 106 cm³/mol. The number of hydrogen-bond donors (Lipinski definition) is 2. The lowest BCUT2D eigenvalue weighted by atomic mass is 10.1. The Morgan fingerprint density at radius 1 is 1.07 bits per heavy atom. The Morgan fingerprint density at radius 3 is 2.52 bits per heavy atom. The molecule has 0 bridgehead atoms. The first-order valence-electron chi connectivity index (χ1n) is 10.0. The zero-order valence-electron chi connectivity index (χ0n) is 16.8. The van der Waals surface area contributed by atoms with Gasteiger partial charge in [-0.3, -0.25) is 0 Å². The van der Waals surface area contributed by atoms with E-state index in [4.69, 9.17) is 9.15 Å². The van der Waals surface area contributed by atoms with Crippen LogP contribution in [0.25, 0.3) is 11.5 Å². The van der Waals surface area contributed by atoms with E-state index in [2.05, 4.69) is 17.1 Å². The quantitative estimate of drug-likeness (QED) is 0.649. The molecule has 0 saturated carbocycles. The topological polar surface area (TPSA) is 57.0 Å². The van der Waals surface area contributed by atoms with Crippen LogP contribution in [-0.2, 0) is 6.54 Å². The van der Waals surface area contributed by atoms with Gasteiger partial charge in [0.1, 0.15) is 32.7 Å². The first-order chi connectivity index (χ1) is 14.1. The predicted octanol–water partition coefficient (Wildman–Crippen LogP) is 0.929. The SMILES string of the molecule is COc1ccc(C[NH+]2CC[NH+]([C@@H](C)c3nnc(-c4ccccc4)o3)CC2)cc1F. The fraction of sp³-hybridized carbons (Fsp3) is 0.364.